The molecule has 154 valence electrons. The van der Waals surface area contributed by atoms with Crippen LogP contribution in [0.25, 0.3) is 11.1 Å². The van der Waals surface area contributed by atoms with Crippen LogP contribution in [0.5, 0.6) is 11.5 Å². The van der Waals surface area contributed by atoms with Gasteiger partial charge in [0.25, 0.3) is 11.8 Å². The maximum absolute atomic E-state index is 12.3. The van der Waals surface area contributed by atoms with E-state index >= 15 is 0 Å². The van der Waals surface area contributed by atoms with Crippen molar-refractivity contribution >= 4 is 27.7 Å². The molecule has 3 aromatic rings. The van der Waals surface area contributed by atoms with Crippen LogP contribution in [0.3, 0.4) is 0 Å². The number of amides is 2. The van der Waals surface area contributed by atoms with Crippen LogP contribution in [0.1, 0.15) is 17.3 Å². The number of methoxy groups -OCH3 is 1. The highest BCUT2D eigenvalue weighted by atomic mass is 79.9. The highest BCUT2D eigenvalue weighted by Crippen LogP contribution is 2.25. The van der Waals surface area contributed by atoms with Crippen LogP contribution in [0.4, 0.5) is 0 Å². The molecule has 0 aliphatic rings. The van der Waals surface area contributed by atoms with Crippen LogP contribution < -0.4 is 20.3 Å². The van der Waals surface area contributed by atoms with Crippen LogP contribution in [-0.2, 0) is 4.79 Å². The van der Waals surface area contributed by atoms with E-state index in [2.05, 4.69) is 26.8 Å². The minimum absolute atomic E-state index is 0.369. The van der Waals surface area contributed by atoms with Gasteiger partial charge in [-0.2, -0.15) is 0 Å². The molecule has 2 N–H and O–H groups in total. The summed E-state index contributed by atoms with van der Waals surface area (Å²) >= 11 is 3.32. The second kappa shape index (κ2) is 9.93. The lowest BCUT2D eigenvalue weighted by Gasteiger charge is -2.15. The quantitative estimate of drug-likeness (QED) is 0.527. The van der Waals surface area contributed by atoms with Crippen molar-refractivity contribution in [2.24, 2.45) is 0 Å². The third-order valence-electron chi connectivity index (χ3n) is 4.36. The highest BCUT2D eigenvalue weighted by molar-refractivity contribution is 9.10. The monoisotopic (exact) mass is 468 g/mol. The molecule has 3 aromatic carbocycles. The molecule has 0 heterocycles. The van der Waals surface area contributed by atoms with E-state index in [1.165, 1.54) is 7.11 Å². The van der Waals surface area contributed by atoms with E-state index in [1.807, 2.05) is 42.5 Å². The van der Waals surface area contributed by atoms with Crippen molar-refractivity contribution < 1.29 is 19.1 Å². The van der Waals surface area contributed by atoms with Gasteiger partial charge in [0.2, 0.25) is 0 Å². The Bertz CT molecular complexity index is 1020. The lowest BCUT2D eigenvalue weighted by molar-refractivity contribution is -0.128. The van der Waals surface area contributed by atoms with Crippen molar-refractivity contribution in [2.45, 2.75) is 13.0 Å². The van der Waals surface area contributed by atoms with Gasteiger partial charge in [0.1, 0.15) is 11.5 Å². The minimum atomic E-state index is -0.796. The van der Waals surface area contributed by atoms with E-state index in [4.69, 9.17) is 9.47 Å². The Labute approximate surface area is 183 Å². The molecule has 2 amide bonds. The Balaban J connectivity index is 1.53. The summed E-state index contributed by atoms with van der Waals surface area (Å²) in [7, 11) is 1.54. The summed E-state index contributed by atoms with van der Waals surface area (Å²) in [5, 5.41) is 0. The van der Waals surface area contributed by atoms with Gasteiger partial charge in [-0.05, 0) is 64.3 Å². The summed E-state index contributed by atoms with van der Waals surface area (Å²) in [4.78, 5) is 24.5. The molecule has 0 fully saturated rings. The van der Waals surface area contributed by atoms with Crippen LogP contribution in [0.15, 0.2) is 77.3 Å². The predicted molar refractivity (Wildman–Crippen MR) is 118 cm³/mol. The molecule has 0 aromatic heterocycles. The van der Waals surface area contributed by atoms with Gasteiger partial charge in [0.15, 0.2) is 6.10 Å². The van der Waals surface area contributed by atoms with Gasteiger partial charge in [-0.15, -0.1) is 0 Å². The number of hydrogen-bond donors (Lipinski definition) is 2. The first kappa shape index (κ1) is 21.4. The summed E-state index contributed by atoms with van der Waals surface area (Å²) in [6.45, 7) is 1.61. The second-order valence-corrected chi connectivity index (χ2v) is 7.30. The topological polar surface area (TPSA) is 76.7 Å². The molecule has 0 aliphatic heterocycles. The molecular weight excluding hydrogens is 448 g/mol. The molecule has 0 spiro atoms. The van der Waals surface area contributed by atoms with Crippen LogP contribution >= 0.6 is 15.9 Å². The Kier molecular flexibility index (Phi) is 7.08. The van der Waals surface area contributed by atoms with Crippen molar-refractivity contribution in [2.75, 3.05) is 7.11 Å². The van der Waals surface area contributed by atoms with Crippen molar-refractivity contribution in [1.82, 2.24) is 10.9 Å². The number of nitrogens with one attached hydrogen (secondary N) is 2. The largest absolute Gasteiger partial charge is 0.496 e. The van der Waals surface area contributed by atoms with Gasteiger partial charge in [0, 0.05) is 5.56 Å². The number of ether oxygens (including phenoxy) is 2. The fourth-order valence-corrected chi connectivity index (χ4v) is 3.25. The summed E-state index contributed by atoms with van der Waals surface area (Å²) in [6, 6.07) is 22.3. The number of carbonyl (C=O) groups is 2. The second-order valence-electron chi connectivity index (χ2n) is 6.44. The first-order valence-electron chi connectivity index (χ1n) is 9.24. The Morgan fingerprint density at radius 3 is 2.20 bits per heavy atom. The van der Waals surface area contributed by atoms with E-state index in [-0.39, 0.29) is 0 Å². The van der Waals surface area contributed by atoms with E-state index < -0.39 is 17.9 Å². The molecule has 1 atom stereocenters. The van der Waals surface area contributed by atoms with Gasteiger partial charge in [-0.3, -0.25) is 20.4 Å². The molecule has 0 bridgehead atoms. The van der Waals surface area contributed by atoms with E-state index in [0.717, 1.165) is 11.1 Å². The van der Waals surface area contributed by atoms with Crippen molar-refractivity contribution in [3.05, 3.63) is 82.8 Å². The van der Waals surface area contributed by atoms with Crippen LogP contribution in [0, 0.1) is 0 Å². The minimum Gasteiger partial charge on any atom is -0.496 e. The molecule has 3 rings (SSSR count). The lowest BCUT2D eigenvalue weighted by Crippen LogP contribution is -2.47. The molecule has 0 saturated carbocycles. The Morgan fingerprint density at radius 1 is 0.900 bits per heavy atom. The normalized spacial score (nSPS) is 11.3. The van der Waals surface area contributed by atoms with Crippen molar-refractivity contribution in [3.8, 4) is 22.6 Å². The highest BCUT2D eigenvalue weighted by Gasteiger charge is 2.16. The maximum atomic E-state index is 12.3. The van der Waals surface area contributed by atoms with E-state index in [1.54, 1.807) is 37.3 Å². The van der Waals surface area contributed by atoms with E-state index in [0.29, 0.717) is 21.5 Å². The van der Waals surface area contributed by atoms with Crippen LogP contribution in [-0.4, -0.2) is 25.0 Å². The predicted octanol–water partition coefficient (Wildman–Crippen LogP) is 4.35. The summed E-state index contributed by atoms with van der Waals surface area (Å²) in [6.07, 6.45) is -0.796. The van der Waals surface area contributed by atoms with Crippen molar-refractivity contribution in [1.29, 1.82) is 0 Å². The lowest BCUT2D eigenvalue weighted by atomic mass is 10.1. The zero-order valence-corrected chi connectivity index (χ0v) is 18.1. The number of halogens is 1. The SMILES string of the molecule is COc1ccc(C(=O)NNC(=O)C(C)Oc2ccc(-c3ccccc3)cc2)cc1Br. The average Bonchev–Trinajstić information content (AvgIpc) is 2.78. The molecule has 30 heavy (non-hydrogen) atoms. The number of benzene rings is 3. The molecular formula is C23H21BrN2O4. The molecule has 0 radical (unpaired) electrons. The number of rotatable bonds is 6. The zero-order chi connectivity index (χ0) is 21.5. The summed E-state index contributed by atoms with van der Waals surface area (Å²) < 4.78 is 11.4. The van der Waals surface area contributed by atoms with Gasteiger partial charge in [-0.25, -0.2) is 0 Å². The van der Waals surface area contributed by atoms with Gasteiger partial charge in [-0.1, -0.05) is 42.5 Å². The average molecular weight is 469 g/mol. The van der Waals surface area contributed by atoms with Crippen molar-refractivity contribution in [3.63, 3.8) is 0 Å². The van der Waals surface area contributed by atoms with Crippen LogP contribution in [0.2, 0.25) is 0 Å². The summed E-state index contributed by atoms with van der Waals surface area (Å²) in [5.41, 5.74) is 7.28. The van der Waals surface area contributed by atoms with Gasteiger partial charge in [0.05, 0.1) is 11.6 Å². The zero-order valence-electron chi connectivity index (χ0n) is 16.5. The molecule has 0 saturated heterocycles. The third kappa shape index (κ3) is 5.39. The standard InChI is InChI=1S/C23H21BrN2O4/c1-15(30-19-11-8-17(9-12-19)16-6-4-3-5-7-16)22(27)25-26-23(28)18-10-13-21(29-2)20(24)14-18/h3-15H,1-2H3,(H,25,27)(H,26,28). The smallest absolute Gasteiger partial charge is 0.279 e. The first-order chi connectivity index (χ1) is 14.5. The summed E-state index contributed by atoms with van der Waals surface area (Å²) in [5.74, 6) is 0.243. The Hall–Kier alpha value is -3.32. The van der Waals surface area contributed by atoms with E-state index in [9.17, 15) is 9.59 Å². The maximum Gasteiger partial charge on any atom is 0.279 e. The fraction of sp³-hybridized carbons (Fsp3) is 0.130. The first-order valence-corrected chi connectivity index (χ1v) is 10.0. The third-order valence-corrected chi connectivity index (χ3v) is 4.98. The molecule has 6 nitrogen and oxygen atoms in total. The fourth-order valence-electron chi connectivity index (χ4n) is 2.71. The van der Waals surface area contributed by atoms with Gasteiger partial charge < -0.3 is 9.47 Å². The Morgan fingerprint density at radius 2 is 1.57 bits per heavy atom. The number of carbonyl (C=O) groups excluding carboxylic acids is 2. The molecule has 7 heteroatoms. The molecule has 1 unspecified atom stereocenters. The molecule has 0 aliphatic carbocycles. The number of hydrogen-bond acceptors (Lipinski definition) is 4. The number of hydrazine groups is 1. The van der Waals surface area contributed by atoms with Gasteiger partial charge >= 0.3 is 0 Å².